The number of hydrogen-bond acceptors (Lipinski definition) is 6. The highest BCUT2D eigenvalue weighted by molar-refractivity contribution is 6.02. The Morgan fingerprint density at radius 2 is 1.85 bits per heavy atom. The van der Waals surface area contributed by atoms with Crippen LogP contribution in [-0.2, 0) is 17.3 Å². The number of amides is 3. The number of pyridine rings is 1. The van der Waals surface area contributed by atoms with Crippen LogP contribution >= 0.6 is 0 Å². The molecule has 0 aliphatic heterocycles. The lowest BCUT2D eigenvalue weighted by molar-refractivity contribution is -0.123. The van der Waals surface area contributed by atoms with Crippen LogP contribution in [0.2, 0.25) is 0 Å². The highest BCUT2D eigenvalue weighted by Crippen LogP contribution is 2.50. The van der Waals surface area contributed by atoms with Gasteiger partial charge in [0, 0.05) is 18.8 Å². The van der Waals surface area contributed by atoms with E-state index in [2.05, 4.69) is 26.2 Å². The van der Waals surface area contributed by atoms with Crippen molar-refractivity contribution in [3.63, 3.8) is 0 Å². The van der Waals surface area contributed by atoms with Gasteiger partial charge in [0.05, 0.1) is 22.2 Å². The van der Waals surface area contributed by atoms with E-state index in [-0.39, 0.29) is 23.5 Å². The molecule has 0 bridgehead atoms. The van der Waals surface area contributed by atoms with Crippen molar-refractivity contribution in [3.8, 4) is 11.1 Å². The molecule has 6 rings (SSSR count). The van der Waals surface area contributed by atoms with E-state index >= 15 is 0 Å². The average molecular weight is 527 g/mol. The van der Waals surface area contributed by atoms with Gasteiger partial charge in [-0.2, -0.15) is 0 Å². The molecule has 2 saturated carbocycles. The number of carbonyl (C=O) groups excluding carboxylic acids is 2. The van der Waals surface area contributed by atoms with Gasteiger partial charge in [-0.15, -0.1) is 10.2 Å². The fourth-order valence-electron chi connectivity index (χ4n) is 4.81. The van der Waals surface area contributed by atoms with Crippen molar-refractivity contribution in [2.45, 2.75) is 44.1 Å². The zero-order valence-corrected chi connectivity index (χ0v) is 21.5. The molecule has 39 heavy (non-hydrogen) atoms. The molecule has 10 nitrogen and oxygen atoms in total. The quantitative estimate of drug-likeness (QED) is 0.230. The molecule has 2 aromatic heterocycles. The first-order chi connectivity index (χ1) is 18.8. The number of rotatable bonds is 7. The molecule has 2 heterocycles. The van der Waals surface area contributed by atoms with Gasteiger partial charge < -0.3 is 16.0 Å². The fourth-order valence-corrected chi connectivity index (χ4v) is 4.81. The van der Waals surface area contributed by atoms with Crippen LogP contribution in [0.5, 0.6) is 0 Å². The predicted octanol–water partition coefficient (Wildman–Crippen LogP) is 5.70. The molecular weight excluding hydrogens is 499 g/mol. The van der Waals surface area contributed by atoms with E-state index in [9.17, 15) is 14.0 Å². The third kappa shape index (κ3) is 4.60. The second-order valence-electron chi connectivity index (χ2n) is 10.3. The van der Waals surface area contributed by atoms with Gasteiger partial charge in [0.25, 0.3) is 0 Å². The van der Waals surface area contributed by atoms with E-state index < -0.39 is 17.3 Å². The Bertz CT molecular complexity index is 1640. The Morgan fingerprint density at radius 3 is 2.51 bits per heavy atom. The van der Waals surface area contributed by atoms with Crippen LogP contribution in [0, 0.1) is 18.3 Å². The van der Waals surface area contributed by atoms with Crippen LogP contribution in [0.25, 0.3) is 22.2 Å². The van der Waals surface area contributed by atoms with Crippen LogP contribution in [-0.4, -0.2) is 32.7 Å². The van der Waals surface area contributed by atoms with E-state index in [4.69, 9.17) is 10.5 Å². The summed E-state index contributed by atoms with van der Waals surface area (Å²) in [5.74, 6) is -0.281. The van der Waals surface area contributed by atoms with Crippen molar-refractivity contribution in [1.82, 2.24) is 20.1 Å². The zero-order valence-electron chi connectivity index (χ0n) is 21.5. The first-order valence-electron chi connectivity index (χ1n) is 12.8. The standard InChI is InChI=1S/C28H27FN8O2/c1-15-3-10-20(29)21(13-15)33-27(39)32-18-6-4-16(5-7-18)19-14-22(28(11-12-28)26(38)31-17-8-9-17)34-25-23(19)24(35-30)36-37(25)2/h3-7,10,13-14,17,30H,8-9,11-12H2,1-2H3,(H,31,38)(H2,32,33,39). The maximum Gasteiger partial charge on any atom is 0.323 e. The van der Waals surface area contributed by atoms with E-state index in [1.165, 1.54) is 6.07 Å². The molecule has 0 spiro atoms. The van der Waals surface area contributed by atoms with Crippen molar-refractivity contribution in [3.05, 3.63) is 65.6 Å². The highest BCUT2D eigenvalue weighted by Gasteiger charge is 2.54. The molecule has 4 N–H and O–H groups in total. The van der Waals surface area contributed by atoms with Crippen LogP contribution in [0.15, 0.2) is 53.6 Å². The molecule has 2 aliphatic rings. The molecule has 2 aliphatic carbocycles. The smallest absolute Gasteiger partial charge is 0.323 e. The molecule has 0 unspecified atom stereocenters. The maximum absolute atomic E-state index is 14.0. The number of fused-ring (bicyclic) bond motifs is 1. The lowest BCUT2D eigenvalue weighted by Crippen LogP contribution is -2.36. The number of aromatic nitrogens is 3. The van der Waals surface area contributed by atoms with Gasteiger partial charge >= 0.3 is 6.03 Å². The molecule has 2 aromatic carbocycles. The van der Waals surface area contributed by atoms with Crippen molar-refractivity contribution in [2.24, 2.45) is 12.2 Å². The monoisotopic (exact) mass is 526 g/mol. The Labute approximate surface area is 223 Å². The fraction of sp³-hybridized carbons (Fsp3) is 0.286. The minimum atomic E-state index is -0.668. The Hall–Kier alpha value is -4.67. The third-order valence-corrected chi connectivity index (χ3v) is 7.29. The zero-order chi connectivity index (χ0) is 27.3. The third-order valence-electron chi connectivity index (χ3n) is 7.29. The van der Waals surface area contributed by atoms with Gasteiger partial charge in [0.15, 0.2) is 5.65 Å². The molecule has 0 atom stereocenters. The van der Waals surface area contributed by atoms with Crippen molar-refractivity contribution in [1.29, 1.82) is 5.53 Å². The summed E-state index contributed by atoms with van der Waals surface area (Å²) in [7, 11) is 1.74. The van der Waals surface area contributed by atoms with Gasteiger partial charge in [-0.1, -0.05) is 18.2 Å². The summed E-state index contributed by atoms with van der Waals surface area (Å²) < 4.78 is 15.6. The van der Waals surface area contributed by atoms with Crippen LogP contribution in [0.3, 0.4) is 0 Å². The number of carbonyl (C=O) groups is 2. The topological polar surface area (TPSA) is 137 Å². The summed E-state index contributed by atoms with van der Waals surface area (Å²) in [5.41, 5.74) is 11.2. The Balaban J connectivity index is 1.32. The lowest BCUT2D eigenvalue weighted by atomic mass is 9.95. The molecule has 3 amide bonds. The first kappa shape index (κ1) is 24.7. The Morgan fingerprint density at radius 1 is 1.10 bits per heavy atom. The highest BCUT2D eigenvalue weighted by atomic mass is 19.1. The first-order valence-corrected chi connectivity index (χ1v) is 12.8. The molecule has 11 heteroatoms. The van der Waals surface area contributed by atoms with Crippen LogP contribution in [0.4, 0.5) is 26.4 Å². The normalized spacial score (nSPS) is 15.6. The van der Waals surface area contributed by atoms with Crippen LogP contribution in [0.1, 0.15) is 36.9 Å². The SMILES string of the molecule is Cc1ccc(F)c(NC(=O)Nc2ccc(-c3cc(C4(C(=O)NC5CC5)CC4)nc4c3c(N=N)nn4C)cc2)c1. The number of urea groups is 1. The van der Waals surface area contributed by atoms with E-state index in [0.29, 0.717) is 22.4 Å². The molecule has 0 radical (unpaired) electrons. The summed E-state index contributed by atoms with van der Waals surface area (Å²) in [4.78, 5) is 30.4. The number of nitrogens with one attached hydrogen (secondary N) is 4. The number of hydrogen-bond donors (Lipinski definition) is 4. The van der Waals surface area contributed by atoms with E-state index in [1.807, 2.05) is 25.1 Å². The molecule has 2 fully saturated rings. The Kier molecular flexibility index (Phi) is 5.86. The van der Waals surface area contributed by atoms with Gasteiger partial charge in [0.2, 0.25) is 11.7 Å². The number of anilines is 2. The second kappa shape index (κ2) is 9.26. The van der Waals surface area contributed by atoms with Gasteiger partial charge in [-0.25, -0.2) is 24.4 Å². The summed E-state index contributed by atoms with van der Waals surface area (Å²) in [5, 5.41) is 17.0. The number of nitrogens with zero attached hydrogens (tertiary/aromatic N) is 4. The number of benzene rings is 2. The maximum atomic E-state index is 14.0. The molecular formula is C28H27FN8O2. The summed E-state index contributed by atoms with van der Waals surface area (Å²) in [6.07, 6.45) is 3.45. The molecule has 4 aromatic rings. The lowest BCUT2D eigenvalue weighted by Gasteiger charge is -2.17. The van der Waals surface area contributed by atoms with Gasteiger partial charge in [0.1, 0.15) is 5.82 Å². The van der Waals surface area contributed by atoms with Crippen molar-refractivity contribution in [2.75, 3.05) is 10.6 Å². The summed E-state index contributed by atoms with van der Waals surface area (Å²) in [6.45, 7) is 1.81. The molecule has 198 valence electrons. The largest absolute Gasteiger partial charge is 0.353 e. The number of aryl methyl sites for hydroxylation is 2. The van der Waals surface area contributed by atoms with Gasteiger partial charge in [-0.3, -0.25) is 4.79 Å². The average Bonchev–Trinajstić information content (AvgIpc) is 3.85. The minimum absolute atomic E-state index is 0.00553. The van der Waals surface area contributed by atoms with Crippen molar-refractivity contribution >= 4 is 40.2 Å². The van der Waals surface area contributed by atoms with Crippen LogP contribution < -0.4 is 16.0 Å². The summed E-state index contributed by atoms with van der Waals surface area (Å²) >= 11 is 0. The predicted molar refractivity (Wildman–Crippen MR) is 145 cm³/mol. The van der Waals surface area contributed by atoms with Crippen molar-refractivity contribution < 1.29 is 14.0 Å². The second-order valence-corrected chi connectivity index (χ2v) is 10.3. The minimum Gasteiger partial charge on any atom is -0.353 e. The molecule has 0 saturated heterocycles. The summed E-state index contributed by atoms with van der Waals surface area (Å²) in [6, 6.07) is 13.2. The van der Waals surface area contributed by atoms with E-state index in [1.54, 1.807) is 36.0 Å². The van der Waals surface area contributed by atoms with Gasteiger partial charge in [-0.05, 0) is 79.6 Å². The van der Waals surface area contributed by atoms with E-state index in [0.717, 1.165) is 42.4 Å². The number of halogens is 1.